The molecule has 0 saturated carbocycles. The van der Waals surface area contributed by atoms with Crippen LogP contribution in [0.1, 0.15) is 58.1 Å². The van der Waals surface area contributed by atoms with Gasteiger partial charge in [-0.2, -0.15) is 0 Å². The Morgan fingerprint density at radius 1 is 1.21 bits per heavy atom. The number of thiophene rings is 1. The van der Waals surface area contributed by atoms with E-state index in [1.54, 1.807) is 14.0 Å². The lowest BCUT2D eigenvalue weighted by Crippen LogP contribution is -2.16. The van der Waals surface area contributed by atoms with Gasteiger partial charge in [0.2, 0.25) is 5.91 Å². The monoisotopic (exact) mass is 401 g/mol. The normalized spacial score (nSPS) is 13.0. The number of aryl methyl sites for hydroxylation is 3. The van der Waals surface area contributed by atoms with E-state index in [-0.39, 0.29) is 11.9 Å². The highest BCUT2D eigenvalue weighted by Gasteiger charge is 2.27. The van der Waals surface area contributed by atoms with Gasteiger partial charge in [-0.05, 0) is 68.7 Å². The SMILES string of the molecule is CCOC(=O)c1c(NC(=O)CCc2ccc(OC)c(C)c2)sc2c1CCCC2. The van der Waals surface area contributed by atoms with E-state index in [1.807, 2.05) is 25.1 Å². The quantitative estimate of drug-likeness (QED) is 0.684. The van der Waals surface area contributed by atoms with E-state index in [4.69, 9.17) is 9.47 Å². The van der Waals surface area contributed by atoms with Crippen LogP contribution in [0.15, 0.2) is 18.2 Å². The summed E-state index contributed by atoms with van der Waals surface area (Å²) in [4.78, 5) is 26.2. The molecular weight excluding hydrogens is 374 g/mol. The Morgan fingerprint density at radius 3 is 2.71 bits per heavy atom. The number of hydrogen-bond acceptors (Lipinski definition) is 5. The lowest BCUT2D eigenvalue weighted by atomic mass is 9.95. The van der Waals surface area contributed by atoms with Crippen LogP contribution >= 0.6 is 11.3 Å². The summed E-state index contributed by atoms with van der Waals surface area (Å²) < 4.78 is 10.5. The number of carbonyl (C=O) groups excluding carboxylic acids is 2. The summed E-state index contributed by atoms with van der Waals surface area (Å²) in [5.74, 6) is 0.428. The molecule has 0 aliphatic heterocycles. The average molecular weight is 402 g/mol. The zero-order chi connectivity index (χ0) is 20.1. The van der Waals surface area contributed by atoms with Gasteiger partial charge < -0.3 is 14.8 Å². The van der Waals surface area contributed by atoms with Gasteiger partial charge >= 0.3 is 5.97 Å². The van der Waals surface area contributed by atoms with Gasteiger partial charge in [-0.15, -0.1) is 11.3 Å². The maximum Gasteiger partial charge on any atom is 0.341 e. The molecule has 0 spiro atoms. The summed E-state index contributed by atoms with van der Waals surface area (Å²) in [7, 11) is 1.65. The van der Waals surface area contributed by atoms with Crippen LogP contribution in [-0.4, -0.2) is 25.6 Å². The van der Waals surface area contributed by atoms with E-state index >= 15 is 0 Å². The van der Waals surface area contributed by atoms with Gasteiger partial charge in [0.05, 0.1) is 19.3 Å². The molecular formula is C22H27NO4S. The second kappa shape index (κ2) is 9.24. The Kier molecular flexibility index (Phi) is 6.73. The first-order valence-corrected chi connectivity index (χ1v) is 10.6. The molecule has 0 saturated heterocycles. The van der Waals surface area contributed by atoms with Crippen LogP contribution < -0.4 is 10.1 Å². The van der Waals surface area contributed by atoms with Gasteiger partial charge in [0.15, 0.2) is 0 Å². The van der Waals surface area contributed by atoms with E-state index in [1.165, 1.54) is 16.2 Å². The van der Waals surface area contributed by atoms with Crippen LogP contribution in [0, 0.1) is 6.92 Å². The molecule has 1 N–H and O–H groups in total. The molecule has 1 aromatic heterocycles. The highest BCUT2D eigenvalue weighted by atomic mass is 32.1. The maximum atomic E-state index is 12.6. The van der Waals surface area contributed by atoms with Crippen LogP contribution in [0.3, 0.4) is 0 Å². The molecule has 0 bridgehead atoms. The topological polar surface area (TPSA) is 64.6 Å². The third kappa shape index (κ3) is 4.55. The predicted molar refractivity (Wildman–Crippen MR) is 112 cm³/mol. The number of ether oxygens (including phenoxy) is 2. The van der Waals surface area contributed by atoms with Crippen molar-refractivity contribution in [3.8, 4) is 5.75 Å². The molecule has 0 radical (unpaired) electrons. The molecule has 1 aliphatic rings. The van der Waals surface area contributed by atoms with Gasteiger partial charge in [0.1, 0.15) is 10.8 Å². The number of nitrogens with one attached hydrogen (secondary N) is 1. The molecule has 5 nitrogen and oxygen atoms in total. The van der Waals surface area contributed by atoms with Crippen LogP contribution in [0.25, 0.3) is 0 Å². The number of benzene rings is 1. The van der Waals surface area contributed by atoms with Crippen molar-refractivity contribution < 1.29 is 19.1 Å². The third-order valence-corrected chi connectivity index (χ3v) is 6.21. The van der Waals surface area contributed by atoms with Crippen molar-refractivity contribution >= 4 is 28.2 Å². The smallest absolute Gasteiger partial charge is 0.341 e. The predicted octanol–water partition coefficient (Wildman–Crippen LogP) is 4.69. The fraction of sp³-hybridized carbons (Fsp3) is 0.455. The van der Waals surface area contributed by atoms with E-state index < -0.39 is 0 Å². The van der Waals surface area contributed by atoms with Crippen molar-refractivity contribution in [2.24, 2.45) is 0 Å². The van der Waals surface area contributed by atoms with Crippen LogP contribution in [0.2, 0.25) is 0 Å². The highest BCUT2D eigenvalue weighted by Crippen LogP contribution is 2.38. The van der Waals surface area contributed by atoms with E-state index in [2.05, 4.69) is 5.32 Å². The van der Waals surface area contributed by atoms with Crippen molar-refractivity contribution in [1.82, 2.24) is 0 Å². The van der Waals surface area contributed by atoms with E-state index in [0.717, 1.165) is 48.1 Å². The number of hydrogen-bond donors (Lipinski definition) is 1. The zero-order valence-corrected chi connectivity index (χ0v) is 17.5. The lowest BCUT2D eigenvalue weighted by molar-refractivity contribution is -0.116. The zero-order valence-electron chi connectivity index (χ0n) is 16.7. The van der Waals surface area contributed by atoms with Crippen molar-refractivity contribution in [3.63, 3.8) is 0 Å². The Balaban J connectivity index is 1.70. The van der Waals surface area contributed by atoms with Crippen molar-refractivity contribution in [3.05, 3.63) is 45.3 Å². The molecule has 3 rings (SSSR count). The number of rotatable bonds is 7. The number of carbonyl (C=O) groups is 2. The average Bonchev–Trinajstić information content (AvgIpc) is 3.04. The van der Waals surface area contributed by atoms with Crippen LogP contribution in [-0.2, 0) is 28.8 Å². The minimum Gasteiger partial charge on any atom is -0.496 e. The Labute approximate surface area is 170 Å². The third-order valence-electron chi connectivity index (χ3n) is 5.00. The molecule has 1 aliphatic carbocycles. The van der Waals surface area contributed by atoms with Gasteiger partial charge in [0.25, 0.3) is 0 Å². The Hall–Kier alpha value is -2.34. The molecule has 28 heavy (non-hydrogen) atoms. The molecule has 150 valence electrons. The molecule has 1 amide bonds. The molecule has 6 heteroatoms. The maximum absolute atomic E-state index is 12.6. The summed E-state index contributed by atoms with van der Waals surface area (Å²) in [6, 6.07) is 5.95. The first-order chi connectivity index (χ1) is 13.5. The number of amides is 1. The Morgan fingerprint density at radius 2 is 2.00 bits per heavy atom. The molecule has 0 fully saturated rings. The minimum absolute atomic E-state index is 0.0855. The van der Waals surface area contributed by atoms with Crippen molar-refractivity contribution in [2.75, 3.05) is 19.0 Å². The van der Waals surface area contributed by atoms with Gasteiger partial charge in [-0.25, -0.2) is 4.79 Å². The largest absolute Gasteiger partial charge is 0.496 e. The van der Waals surface area contributed by atoms with Crippen LogP contribution in [0.5, 0.6) is 5.75 Å². The minimum atomic E-state index is -0.331. The fourth-order valence-corrected chi connectivity index (χ4v) is 4.91. The number of anilines is 1. The summed E-state index contributed by atoms with van der Waals surface area (Å²) in [6.45, 7) is 4.11. The Bertz CT molecular complexity index is 872. The van der Waals surface area contributed by atoms with E-state index in [9.17, 15) is 9.59 Å². The molecule has 1 aromatic carbocycles. The summed E-state index contributed by atoms with van der Waals surface area (Å²) >= 11 is 1.52. The molecule has 2 aromatic rings. The lowest BCUT2D eigenvalue weighted by Gasteiger charge is -2.12. The number of methoxy groups -OCH3 is 1. The van der Waals surface area contributed by atoms with Crippen molar-refractivity contribution in [2.45, 2.75) is 52.4 Å². The van der Waals surface area contributed by atoms with E-state index in [0.29, 0.717) is 30.0 Å². The van der Waals surface area contributed by atoms with Crippen molar-refractivity contribution in [1.29, 1.82) is 0 Å². The van der Waals surface area contributed by atoms with Gasteiger partial charge in [-0.1, -0.05) is 12.1 Å². The fourth-order valence-electron chi connectivity index (χ4n) is 3.62. The highest BCUT2D eigenvalue weighted by molar-refractivity contribution is 7.17. The number of fused-ring (bicyclic) bond motifs is 1. The van der Waals surface area contributed by atoms with Crippen LogP contribution in [0.4, 0.5) is 5.00 Å². The first-order valence-electron chi connectivity index (χ1n) is 9.78. The second-order valence-electron chi connectivity index (χ2n) is 6.99. The summed E-state index contributed by atoms with van der Waals surface area (Å²) in [5, 5.41) is 3.61. The summed E-state index contributed by atoms with van der Waals surface area (Å²) in [5.41, 5.74) is 3.77. The second-order valence-corrected chi connectivity index (χ2v) is 8.09. The molecule has 0 unspecified atom stereocenters. The molecule has 1 heterocycles. The van der Waals surface area contributed by atoms with Gasteiger partial charge in [-0.3, -0.25) is 4.79 Å². The standard InChI is InChI=1S/C22H27NO4S/c1-4-27-22(25)20-16-7-5-6-8-18(16)28-21(20)23-19(24)12-10-15-9-11-17(26-3)14(2)13-15/h9,11,13H,4-8,10,12H2,1-3H3,(H,23,24). The summed E-state index contributed by atoms with van der Waals surface area (Å²) in [6.07, 6.45) is 5.03. The van der Waals surface area contributed by atoms with Gasteiger partial charge in [0, 0.05) is 11.3 Å². The first kappa shape index (κ1) is 20.4. The number of esters is 1. The molecule has 0 atom stereocenters.